The van der Waals surface area contributed by atoms with Gasteiger partial charge < -0.3 is 4.74 Å². The normalized spacial score (nSPS) is 12.1. The number of aldehydes is 1. The molecule has 0 saturated carbocycles. The van der Waals surface area contributed by atoms with Crippen LogP contribution in [-0.4, -0.2) is 41.4 Å². The van der Waals surface area contributed by atoms with Crippen molar-refractivity contribution >= 4 is 17.3 Å². The van der Waals surface area contributed by atoms with Gasteiger partial charge in [-0.2, -0.15) is 8.78 Å². The molecule has 3 rings (SSSR count). The Hall–Kier alpha value is -3.24. The fraction of sp³-hybridized carbons (Fsp3) is 0.304. The van der Waals surface area contributed by atoms with Gasteiger partial charge in [-0.25, -0.2) is 4.98 Å². The average molecular weight is 411 g/mol. The lowest BCUT2D eigenvalue weighted by atomic mass is 10.1. The second kappa shape index (κ2) is 9.06. The molecule has 0 saturated heterocycles. The Kier molecular flexibility index (Phi) is 6.48. The van der Waals surface area contributed by atoms with Crippen molar-refractivity contribution in [1.29, 1.82) is 0 Å². The van der Waals surface area contributed by atoms with Gasteiger partial charge in [0.1, 0.15) is 11.5 Å². The molecule has 5 nitrogen and oxygen atoms in total. The summed E-state index contributed by atoms with van der Waals surface area (Å²) in [6, 6.07) is 9.95. The molecule has 0 aliphatic carbocycles. The van der Waals surface area contributed by atoms with Gasteiger partial charge in [-0.1, -0.05) is 18.9 Å². The van der Waals surface area contributed by atoms with Crippen LogP contribution in [0.15, 0.2) is 36.4 Å². The van der Waals surface area contributed by atoms with E-state index in [2.05, 4.69) is 11.8 Å². The summed E-state index contributed by atoms with van der Waals surface area (Å²) in [5, 5.41) is 0. The molecule has 156 valence electrons. The molecule has 0 amide bonds. The number of aromatic nitrogens is 2. The van der Waals surface area contributed by atoms with Gasteiger partial charge in [0.25, 0.3) is 0 Å². The topological polar surface area (TPSA) is 47.4 Å². The molecular weight excluding hydrogens is 388 g/mol. The van der Waals surface area contributed by atoms with E-state index in [0.717, 1.165) is 12.0 Å². The molecule has 0 radical (unpaired) electrons. The van der Waals surface area contributed by atoms with Crippen molar-refractivity contribution in [3.8, 4) is 23.3 Å². The van der Waals surface area contributed by atoms with Crippen molar-refractivity contribution in [3.05, 3.63) is 53.3 Å². The van der Waals surface area contributed by atoms with Gasteiger partial charge in [0, 0.05) is 11.1 Å². The van der Waals surface area contributed by atoms with Crippen LogP contribution in [0.25, 0.3) is 16.7 Å². The zero-order valence-corrected chi connectivity index (χ0v) is 17.3. The molecule has 1 atom stereocenters. The molecule has 30 heavy (non-hydrogen) atoms. The van der Waals surface area contributed by atoms with Crippen molar-refractivity contribution in [2.45, 2.75) is 32.9 Å². The second-order valence-electron chi connectivity index (χ2n) is 6.96. The maximum Gasteiger partial charge on any atom is 0.387 e. The summed E-state index contributed by atoms with van der Waals surface area (Å²) in [7, 11) is 3.85. The van der Waals surface area contributed by atoms with Crippen molar-refractivity contribution in [2.75, 3.05) is 14.1 Å². The second-order valence-corrected chi connectivity index (χ2v) is 6.96. The van der Waals surface area contributed by atoms with E-state index in [-0.39, 0.29) is 23.0 Å². The van der Waals surface area contributed by atoms with E-state index in [1.54, 1.807) is 17.6 Å². The smallest absolute Gasteiger partial charge is 0.387 e. The Bertz CT molecular complexity index is 1130. The molecule has 0 N–H and O–H groups in total. The predicted molar refractivity (Wildman–Crippen MR) is 112 cm³/mol. The molecule has 0 aliphatic rings. The van der Waals surface area contributed by atoms with Gasteiger partial charge in [-0.15, -0.1) is 5.92 Å². The Labute approximate surface area is 174 Å². The Morgan fingerprint density at radius 1 is 1.27 bits per heavy atom. The molecule has 2 aromatic carbocycles. The van der Waals surface area contributed by atoms with Gasteiger partial charge in [0.15, 0.2) is 12.0 Å². The lowest BCUT2D eigenvalue weighted by Gasteiger charge is -2.25. The molecule has 7 heteroatoms. The maximum absolute atomic E-state index is 13.1. The minimum Gasteiger partial charge on any atom is -0.433 e. The van der Waals surface area contributed by atoms with Gasteiger partial charge >= 0.3 is 6.61 Å². The Morgan fingerprint density at radius 3 is 2.63 bits per heavy atom. The van der Waals surface area contributed by atoms with E-state index in [1.807, 2.05) is 44.1 Å². The van der Waals surface area contributed by atoms with Crippen LogP contribution in [-0.2, 0) is 0 Å². The van der Waals surface area contributed by atoms with Crippen molar-refractivity contribution in [3.63, 3.8) is 0 Å². The number of benzene rings is 2. The Balaban J connectivity index is 2.45. The van der Waals surface area contributed by atoms with Crippen molar-refractivity contribution < 1.29 is 18.3 Å². The molecule has 3 aromatic rings. The summed E-state index contributed by atoms with van der Waals surface area (Å²) in [5.41, 5.74) is 2.58. The van der Waals surface area contributed by atoms with E-state index in [0.29, 0.717) is 23.1 Å². The fourth-order valence-electron chi connectivity index (χ4n) is 3.62. The van der Waals surface area contributed by atoms with Gasteiger partial charge in [-0.3, -0.25) is 14.3 Å². The Morgan fingerprint density at radius 2 is 2.03 bits per heavy atom. The number of nitrogens with zero attached hydrogens (tertiary/aromatic N) is 3. The number of fused-ring (bicyclic) bond motifs is 1. The number of hydrogen-bond acceptors (Lipinski definition) is 4. The van der Waals surface area contributed by atoms with Gasteiger partial charge in [0.2, 0.25) is 0 Å². The van der Waals surface area contributed by atoms with Crippen molar-refractivity contribution in [1.82, 2.24) is 14.5 Å². The van der Waals surface area contributed by atoms with Crippen molar-refractivity contribution in [2.24, 2.45) is 0 Å². The first kappa shape index (κ1) is 21.5. The third kappa shape index (κ3) is 4.05. The number of halogens is 2. The SMILES string of the molecule is CC#Cc1ccc2nc(C(CC)N(C)C)n(-c3c(C=O)cccc3OC(F)F)c2c1. The highest BCUT2D eigenvalue weighted by atomic mass is 19.3. The molecule has 1 heterocycles. The number of carbonyl (C=O) groups excluding carboxylic acids is 1. The fourth-order valence-corrected chi connectivity index (χ4v) is 3.62. The molecule has 0 fully saturated rings. The summed E-state index contributed by atoms with van der Waals surface area (Å²) in [6.45, 7) is 0.730. The first-order chi connectivity index (χ1) is 14.4. The first-order valence-electron chi connectivity index (χ1n) is 9.56. The van der Waals surface area contributed by atoms with E-state index >= 15 is 0 Å². The first-order valence-corrected chi connectivity index (χ1v) is 9.56. The van der Waals surface area contributed by atoms with E-state index in [9.17, 15) is 13.6 Å². The quantitative estimate of drug-likeness (QED) is 0.413. The summed E-state index contributed by atoms with van der Waals surface area (Å²) >= 11 is 0. The van der Waals surface area contributed by atoms with Crippen LogP contribution in [0.5, 0.6) is 5.75 Å². The largest absolute Gasteiger partial charge is 0.433 e. The molecule has 0 aliphatic heterocycles. The summed E-state index contributed by atoms with van der Waals surface area (Å²) in [5.74, 6) is 6.41. The lowest BCUT2D eigenvalue weighted by molar-refractivity contribution is -0.0498. The van der Waals surface area contributed by atoms with Crippen LogP contribution >= 0.6 is 0 Å². The number of imidazole rings is 1. The summed E-state index contributed by atoms with van der Waals surface area (Å²) in [4.78, 5) is 18.6. The highest BCUT2D eigenvalue weighted by Crippen LogP contribution is 2.35. The zero-order chi connectivity index (χ0) is 21.8. The van der Waals surface area contributed by atoms with Gasteiger partial charge in [-0.05, 0) is 57.8 Å². The molecule has 1 unspecified atom stereocenters. The molecule has 1 aromatic heterocycles. The predicted octanol–water partition coefficient (Wildman–Crippen LogP) is 4.82. The van der Waals surface area contributed by atoms with Crippen LogP contribution in [0, 0.1) is 11.8 Å². The third-order valence-corrected chi connectivity index (χ3v) is 4.85. The highest BCUT2D eigenvalue weighted by molar-refractivity contribution is 5.87. The summed E-state index contributed by atoms with van der Waals surface area (Å²) in [6.07, 6.45) is 1.36. The molecular formula is C23H23F2N3O2. The number of hydrogen-bond donors (Lipinski definition) is 0. The number of rotatable bonds is 7. The third-order valence-electron chi connectivity index (χ3n) is 4.85. The number of ether oxygens (including phenoxy) is 1. The lowest BCUT2D eigenvalue weighted by Crippen LogP contribution is -2.23. The molecule has 0 spiro atoms. The van der Waals surface area contributed by atoms with Crippen LogP contribution in [0.2, 0.25) is 0 Å². The number of para-hydroxylation sites is 1. The van der Waals surface area contributed by atoms with Crippen LogP contribution in [0.4, 0.5) is 8.78 Å². The van der Waals surface area contributed by atoms with Crippen LogP contribution in [0.3, 0.4) is 0 Å². The van der Waals surface area contributed by atoms with Gasteiger partial charge in [0.05, 0.1) is 17.1 Å². The van der Waals surface area contributed by atoms with Crippen LogP contribution < -0.4 is 4.74 Å². The average Bonchev–Trinajstić information content (AvgIpc) is 3.05. The maximum atomic E-state index is 13.1. The monoisotopic (exact) mass is 411 g/mol. The van der Waals surface area contributed by atoms with E-state index < -0.39 is 6.61 Å². The number of carbonyl (C=O) groups is 1. The van der Waals surface area contributed by atoms with E-state index in [1.165, 1.54) is 12.1 Å². The minimum absolute atomic E-state index is 0.0873. The minimum atomic E-state index is -3.03. The number of alkyl halides is 2. The zero-order valence-electron chi connectivity index (χ0n) is 17.3. The summed E-state index contributed by atoms with van der Waals surface area (Å²) < 4.78 is 32.8. The highest BCUT2D eigenvalue weighted by Gasteiger charge is 2.26. The standard InChI is InChI=1S/C23H23F2N3O2/c1-5-8-15-11-12-17-19(13-15)28(22(26-17)18(6-2)27(3)4)21-16(14-29)9-7-10-20(21)30-23(24)25/h7,9-14,18,23H,6H2,1-4H3. The van der Waals surface area contributed by atoms with Crippen LogP contribution in [0.1, 0.15) is 48.1 Å². The van der Waals surface area contributed by atoms with E-state index in [4.69, 9.17) is 9.72 Å². The molecule has 0 bridgehead atoms.